The van der Waals surface area contributed by atoms with Crippen LogP contribution in [0.15, 0.2) is 52.4 Å². The fourth-order valence-electron chi connectivity index (χ4n) is 2.24. The van der Waals surface area contributed by atoms with E-state index in [1.807, 2.05) is 31.2 Å². The Bertz CT molecular complexity index is 972. The molecule has 7 heteroatoms. The van der Waals surface area contributed by atoms with Gasteiger partial charge in [-0.25, -0.2) is 9.97 Å². The van der Waals surface area contributed by atoms with Crippen molar-refractivity contribution in [3.8, 4) is 0 Å². The molecule has 3 rings (SSSR count). The van der Waals surface area contributed by atoms with Gasteiger partial charge in [0.15, 0.2) is 5.78 Å². The van der Waals surface area contributed by atoms with Crippen LogP contribution < -0.4 is 0 Å². The Morgan fingerprint density at radius 2 is 1.79 bits per heavy atom. The van der Waals surface area contributed by atoms with Crippen molar-refractivity contribution in [3.05, 3.63) is 63.8 Å². The zero-order chi connectivity index (χ0) is 17.3. The maximum Gasteiger partial charge on any atom is 0.284 e. The molecule has 120 valence electrons. The van der Waals surface area contributed by atoms with Gasteiger partial charge in [-0.3, -0.25) is 14.9 Å². The summed E-state index contributed by atoms with van der Waals surface area (Å²) in [6.07, 6.45) is 0. The first-order valence-electron chi connectivity index (χ1n) is 7.16. The molecule has 0 radical (unpaired) electrons. The Kier molecular flexibility index (Phi) is 4.26. The van der Waals surface area contributed by atoms with Crippen molar-refractivity contribution >= 4 is 34.3 Å². The molecule has 0 saturated carbocycles. The highest BCUT2D eigenvalue weighted by Crippen LogP contribution is 2.36. The lowest BCUT2D eigenvalue weighted by Crippen LogP contribution is -1.98. The van der Waals surface area contributed by atoms with E-state index in [-0.39, 0.29) is 11.5 Å². The van der Waals surface area contributed by atoms with Gasteiger partial charge in [0.25, 0.3) is 5.69 Å². The molecule has 6 nitrogen and oxygen atoms in total. The third-order valence-electron chi connectivity index (χ3n) is 3.47. The van der Waals surface area contributed by atoms with Crippen molar-refractivity contribution in [3.63, 3.8) is 0 Å². The molecule has 24 heavy (non-hydrogen) atoms. The van der Waals surface area contributed by atoms with E-state index < -0.39 is 4.92 Å². The molecule has 0 aliphatic carbocycles. The van der Waals surface area contributed by atoms with Crippen LogP contribution in [0.25, 0.3) is 11.0 Å². The predicted octanol–water partition coefficient (Wildman–Crippen LogP) is 4.20. The molecular formula is C17H13N3O3S. The molecule has 1 aromatic heterocycles. The Morgan fingerprint density at radius 3 is 2.42 bits per heavy atom. The molecule has 0 atom stereocenters. The monoisotopic (exact) mass is 339 g/mol. The smallest absolute Gasteiger partial charge is 0.284 e. The molecule has 0 aliphatic heterocycles. The highest BCUT2D eigenvalue weighted by molar-refractivity contribution is 7.99. The molecular weight excluding hydrogens is 326 g/mol. The summed E-state index contributed by atoms with van der Waals surface area (Å²) in [6.45, 7) is 3.20. The van der Waals surface area contributed by atoms with Crippen LogP contribution in [0.1, 0.15) is 23.0 Å². The van der Waals surface area contributed by atoms with Gasteiger partial charge in [-0.15, -0.1) is 0 Å². The standard InChI is InChI=1S/C17H13N3O3S/c1-10-17(19-14-6-4-3-5-13(14)18-10)24-16-8-7-12(11(2)21)9-15(16)20(22)23/h3-9H,1-2H3. The summed E-state index contributed by atoms with van der Waals surface area (Å²) in [7, 11) is 0. The first-order valence-corrected chi connectivity index (χ1v) is 7.98. The maximum atomic E-state index is 11.4. The molecule has 0 fully saturated rings. The number of fused-ring (bicyclic) bond motifs is 1. The van der Waals surface area contributed by atoms with Gasteiger partial charge in [-0.05, 0) is 38.1 Å². The Balaban J connectivity index is 2.06. The van der Waals surface area contributed by atoms with Crippen molar-refractivity contribution in [1.82, 2.24) is 9.97 Å². The largest absolute Gasteiger partial charge is 0.295 e. The molecule has 3 aromatic rings. The highest BCUT2D eigenvalue weighted by atomic mass is 32.2. The summed E-state index contributed by atoms with van der Waals surface area (Å²) in [6, 6.07) is 11.9. The fraction of sp³-hybridized carbons (Fsp3) is 0.118. The molecule has 0 bridgehead atoms. The van der Waals surface area contributed by atoms with Gasteiger partial charge < -0.3 is 0 Å². The lowest BCUT2D eigenvalue weighted by Gasteiger charge is -2.07. The number of nitro benzene ring substituents is 1. The zero-order valence-electron chi connectivity index (χ0n) is 13.0. The van der Waals surface area contributed by atoms with Gasteiger partial charge >= 0.3 is 0 Å². The number of hydrogen-bond acceptors (Lipinski definition) is 6. The van der Waals surface area contributed by atoms with Gasteiger partial charge in [0.2, 0.25) is 0 Å². The summed E-state index contributed by atoms with van der Waals surface area (Å²) < 4.78 is 0. The minimum Gasteiger partial charge on any atom is -0.295 e. The first-order chi connectivity index (χ1) is 11.5. The number of aryl methyl sites for hydroxylation is 1. The van der Waals surface area contributed by atoms with Gasteiger partial charge in [0.05, 0.1) is 26.5 Å². The Labute approximate surface area is 142 Å². The lowest BCUT2D eigenvalue weighted by atomic mass is 10.1. The number of nitrogens with zero attached hydrogens (tertiary/aromatic N) is 3. The second kappa shape index (κ2) is 6.37. The summed E-state index contributed by atoms with van der Waals surface area (Å²) in [4.78, 5) is 31.7. The maximum absolute atomic E-state index is 11.4. The summed E-state index contributed by atoms with van der Waals surface area (Å²) in [5.41, 5.74) is 2.41. The average molecular weight is 339 g/mol. The second-order valence-corrected chi connectivity index (χ2v) is 6.23. The van der Waals surface area contributed by atoms with E-state index in [1.165, 1.54) is 24.8 Å². The number of benzene rings is 2. The summed E-state index contributed by atoms with van der Waals surface area (Å²) >= 11 is 1.18. The summed E-state index contributed by atoms with van der Waals surface area (Å²) in [5, 5.41) is 11.9. The van der Waals surface area contributed by atoms with Crippen LogP contribution in [-0.2, 0) is 0 Å². The quantitative estimate of drug-likeness (QED) is 0.402. The van der Waals surface area contributed by atoms with Crippen LogP contribution in [0.4, 0.5) is 5.69 Å². The topological polar surface area (TPSA) is 86.0 Å². The van der Waals surface area contributed by atoms with Crippen LogP contribution in [0.5, 0.6) is 0 Å². The molecule has 0 unspecified atom stereocenters. The number of carbonyl (C=O) groups is 1. The Hall–Kier alpha value is -2.80. The van der Waals surface area contributed by atoms with Crippen molar-refractivity contribution in [2.24, 2.45) is 0 Å². The number of para-hydroxylation sites is 2. The number of ketones is 1. The third-order valence-corrected chi connectivity index (χ3v) is 4.62. The number of Topliss-reactive ketones (excluding diaryl/α,β-unsaturated/α-hetero) is 1. The van der Waals surface area contributed by atoms with Crippen LogP contribution >= 0.6 is 11.8 Å². The SMILES string of the molecule is CC(=O)c1ccc(Sc2nc3ccccc3nc2C)c([N+](=O)[O-])c1. The van der Waals surface area contributed by atoms with Gasteiger partial charge in [-0.2, -0.15) is 0 Å². The minimum absolute atomic E-state index is 0.109. The molecule has 0 saturated heterocycles. The second-order valence-electron chi connectivity index (χ2n) is 5.20. The van der Waals surface area contributed by atoms with E-state index in [2.05, 4.69) is 9.97 Å². The molecule has 0 N–H and O–H groups in total. The van der Waals surface area contributed by atoms with Crippen molar-refractivity contribution in [2.75, 3.05) is 0 Å². The van der Waals surface area contributed by atoms with E-state index in [0.29, 0.717) is 21.2 Å². The van der Waals surface area contributed by atoms with Crippen LogP contribution in [0, 0.1) is 17.0 Å². The van der Waals surface area contributed by atoms with Gasteiger partial charge in [-0.1, -0.05) is 23.9 Å². The van der Waals surface area contributed by atoms with Crippen LogP contribution in [0.2, 0.25) is 0 Å². The lowest BCUT2D eigenvalue weighted by molar-refractivity contribution is -0.387. The van der Waals surface area contributed by atoms with Crippen LogP contribution in [0.3, 0.4) is 0 Å². The molecule has 0 aliphatic rings. The van der Waals surface area contributed by atoms with E-state index in [1.54, 1.807) is 12.1 Å². The number of aromatic nitrogens is 2. The molecule has 2 aromatic carbocycles. The number of carbonyl (C=O) groups excluding carboxylic acids is 1. The average Bonchev–Trinajstić information content (AvgIpc) is 2.55. The first kappa shape index (κ1) is 16.1. The van der Waals surface area contributed by atoms with Crippen LogP contribution in [-0.4, -0.2) is 20.7 Å². The summed E-state index contributed by atoms with van der Waals surface area (Å²) in [5.74, 6) is -0.212. The normalized spacial score (nSPS) is 10.8. The zero-order valence-corrected chi connectivity index (χ0v) is 13.8. The van der Waals surface area contributed by atoms with Crippen molar-refractivity contribution < 1.29 is 9.72 Å². The third kappa shape index (κ3) is 3.11. The number of nitro groups is 1. The minimum atomic E-state index is -0.488. The van der Waals surface area contributed by atoms with Gasteiger partial charge in [0, 0.05) is 11.6 Å². The number of rotatable bonds is 4. The molecule has 0 amide bonds. The van der Waals surface area contributed by atoms with E-state index in [4.69, 9.17) is 0 Å². The predicted molar refractivity (Wildman–Crippen MR) is 91.5 cm³/mol. The van der Waals surface area contributed by atoms with Crippen molar-refractivity contribution in [1.29, 1.82) is 0 Å². The van der Waals surface area contributed by atoms with Gasteiger partial charge in [0.1, 0.15) is 5.03 Å². The molecule has 0 spiro atoms. The van der Waals surface area contributed by atoms with E-state index in [9.17, 15) is 14.9 Å². The highest BCUT2D eigenvalue weighted by Gasteiger charge is 2.19. The van der Waals surface area contributed by atoms with E-state index >= 15 is 0 Å². The fourth-order valence-corrected chi connectivity index (χ4v) is 3.16. The van der Waals surface area contributed by atoms with Crippen molar-refractivity contribution in [2.45, 2.75) is 23.8 Å². The van der Waals surface area contributed by atoms with E-state index in [0.717, 1.165) is 11.0 Å². The molecule has 1 heterocycles. The number of hydrogen-bond donors (Lipinski definition) is 0. The Morgan fingerprint density at radius 1 is 1.12 bits per heavy atom.